The van der Waals surface area contributed by atoms with Gasteiger partial charge in [-0.15, -0.1) is 0 Å². The van der Waals surface area contributed by atoms with Crippen LogP contribution in [0.3, 0.4) is 0 Å². The lowest BCUT2D eigenvalue weighted by Crippen LogP contribution is -2.34. The third kappa shape index (κ3) is 4.50. The summed E-state index contributed by atoms with van der Waals surface area (Å²) >= 11 is 3.19. The Labute approximate surface area is 131 Å². The summed E-state index contributed by atoms with van der Waals surface area (Å²) in [5.41, 5.74) is 6.24. The van der Waals surface area contributed by atoms with E-state index in [1.807, 2.05) is 6.07 Å². The summed E-state index contributed by atoms with van der Waals surface area (Å²) in [6.07, 6.45) is 2.35. The maximum absolute atomic E-state index is 10.9. The van der Waals surface area contributed by atoms with Crippen LogP contribution in [0.2, 0.25) is 0 Å². The van der Waals surface area contributed by atoms with Gasteiger partial charge in [0.15, 0.2) is 0 Å². The van der Waals surface area contributed by atoms with Crippen LogP contribution in [0.1, 0.15) is 24.8 Å². The van der Waals surface area contributed by atoms with Gasteiger partial charge in [-0.3, -0.25) is 19.8 Å². The van der Waals surface area contributed by atoms with E-state index >= 15 is 0 Å². The number of nitrogens with zero attached hydrogens (tertiary/aromatic N) is 2. The quantitative estimate of drug-likeness (QED) is 0.648. The first-order chi connectivity index (χ1) is 9.95. The number of nitrogens with two attached hydrogens (primary N) is 1. The fraction of sp³-hybridized carbons (Fsp3) is 0.500. The molecule has 1 fully saturated rings. The van der Waals surface area contributed by atoms with Crippen molar-refractivity contribution in [1.29, 1.82) is 0 Å². The fourth-order valence-corrected chi connectivity index (χ4v) is 3.08. The number of carbonyl (C=O) groups is 1. The number of amides is 1. The Balaban J connectivity index is 1.93. The molecule has 1 aromatic rings. The van der Waals surface area contributed by atoms with Crippen molar-refractivity contribution in [3.63, 3.8) is 0 Å². The number of carbonyl (C=O) groups excluding carboxylic acids is 1. The van der Waals surface area contributed by atoms with Gasteiger partial charge >= 0.3 is 0 Å². The Morgan fingerprint density at radius 2 is 2.10 bits per heavy atom. The van der Waals surface area contributed by atoms with Crippen molar-refractivity contribution in [3.05, 3.63) is 38.3 Å². The van der Waals surface area contributed by atoms with E-state index in [9.17, 15) is 14.9 Å². The summed E-state index contributed by atoms with van der Waals surface area (Å²) in [4.78, 5) is 23.7. The van der Waals surface area contributed by atoms with Crippen LogP contribution < -0.4 is 5.73 Å². The van der Waals surface area contributed by atoms with Crippen molar-refractivity contribution in [1.82, 2.24) is 4.90 Å². The number of rotatable bonds is 5. The lowest BCUT2D eigenvalue weighted by atomic mass is 9.93. The lowest BCUT2D eigenvalue weighted by molar-refractivity contribution is -0.385. The second-order valence-corrected chi connectivity index (χ2v) is 6.29. The number of benzene rings is 1. The lowest BCUT2D eigenvalue weighted by Gasteiger charge is -2.31. The smallest absolute Gasteiger partial charge is 0.283 e. The number of primary amides is 1. The molecule has 1 amide bonds. The first-order valence-corrected chi connectivity index (χ1v) is 7.68. The molecule has 1 aliphatic rings. The second kappa shape index (κ2) is 7.00. The van der Waals surface area contributed by atoms with Crippen molar-refractivity contribution in [2.75, 3.05) is 13.1 Å². The van der Waals surface area contributed by atoms with Crippen molar-refractivity contribution in [3.8, 4) is 0 Å². The van der Waals surface area contributed by atoms with Gasteiger partial charge in [-0.1, -0.05) is 6.07 Å². The van der Waals surface area contributed by atoms with E-state index in [-0.39, 0.29) is 16.5 Å². The molecule has 0 aromatic heterocycles. The number of hydrogen-bond acceptors (Lipinski definition) is 4. The summed E-state index contributed by atoms with van der Waals surface area (Å²) in [5, 5.41) is 10.9. The maximum atomic E-state index is 10.9. The van der Waals surface area contributed by atoms with E-state index < -0.39 is 0 Å². The molecule has 1 aromatic carbocycles. The van der Waals surface area contributed by atoms with Crippen molar-refractivity contribution in [2.24, 2.45) is 11.7 Å². The van der Waals surface area contributed by atoms with Gasteiger partial charge in [0.25, 0.3) is 5.69 Å². The molecule has 0 atom stereocenters. The molecule has 0 aliphatic carbocycles. The molecular weight excluding hydrogens is 338 g/mol. The maximum Gasteiger partial charge on any atom is 0.283 e. The summed E-state index contributed by atoms with van der Waals surface area (Å²) in [7, 11) is 0. The molecule has 0 unspecified atom stereocenters. The molecule has 2 N–H and O–H groups in total. The highest BCUT2D eigenvalue weighted by atomic mass is 79.9. The highest BCUT2D eigenvalue weighted by Crippen LogP contribution is 2.27. The zero-order chi connectivity index (χ0) is 15.4. The van der Waals surface area contributed by atoms with Crippen LogP contribution in [0, 0.1) is 16.0 Å². The molecule has 1 aliphatic heterocycles. The Morgan fingerprint density at radius 1 is 1.43 bits per heavy atom. The molecule has 0 saturated carbocycles. The number of nitro benzene ring substituents is 1. The molecule has 0 spiro atoms. The van der Waals surface area contributed by atoms with E-state index in [0.717, 1.165) is 31.5 Å². The predicted molar refractivity (Wildman–Crippen MR) is 82.6 cm³/mol. The molecule has 1 saturated heterocycles. The molecule has 7 heteroatoms. The summed E-state index contributed by atoms with van der Waals surface area (Å²) in [5.74, 6) is 0.134. The van der Waals surface area contributed by atoms with E-state index in [0.29, 0.717) is 23.4 Å². The highest BCUT2D eigenvalue weighted by Gasteiger charge is 2.21. The Hall–Kier alpha value is -1.47. The van der Waals surface area contributed by atoms with Crippen molar-refractivity contribution >= 4 is 27.5 Å². The van der Waals surface area contributed by atoms with Crippen LogP contribution in [0.5, 0.6) is 0 Å². The topological polar surface area (TPSA) is 89.5 Å². The Morgan fingerprint density at radius 3 is 2.67 bits per heavy atom. The van der Waals surface area contributed by atoms with Gasteiger partial charge in [0.2, 0.25) is 5.91 Å². The molecule has 0 bridgehead atoms. The summed E-state index contributed by atoms with van der Waals surface area (Å²) in [6, 6.07) is 5.22. The second-order valence-electron chi connectivity index (χ2n) is 5.43. The Bertz CT molecular complexity index is 542. The first-order valence-electron chi connectivity index (χ1n) is 6.89. The minimum atomic E-state index is -0.382. The van der Waals surface area contributed by atoms with Crippen molar-refractivity contribution < 1.29 is 9.72 Å². The van der Waals surface area contributed by atoms with Crippen LogP contribution in [-0.4, -0.2) is 28.8 Å². The number of halogens is 1. The number of piperidine rings is 1. The van der Waals surface area contributed by atoms with Crippen LogP contribution in [-0.2, 0) is 11.3 Å². The monoisotopic (exact) mass is 355 g/mol. The molecule has 2 rings (SSSR count). The van der Waals surface area contributed by atoms with E-state index in [2.05, 4.69) is 20.8 Å². The predicted octanol–water partition coefficient (Wildman–Crippen LogP) is 2.44. The van der Waals surface area contributed by atoms with Gasteiger partial charge in [0.1, 0.15) is 0 Å². The van der Waals surface area contributed by atoms with Crippen LogP contribution >= 0.6 is 15.9 Å². The fourth-order valence-electron chi connectivity index (χ4n) is 2.69. The molecular formula is C14H18BrN3O3. The number of nitro groups is 1. The minimum Gasteiger partial charge on any atom is -0.370 e. The number of likely N-dealkylation sites (tertiary alicyclic amines) is 1. The minimum absolute atomic E-state index is 0.0936. The molecule has 114 valence electrons. The molecule has 21 heavy (non-hydrogen) atoms. The standard InChI is InChI=1S/C14H18BrN3O3/c15-12-2-1-11(7-13(12)18(20)21)9-17-5-3-10(4-6-17)8-14(16)19/h1-2,7,10H,3-6,8-9H2,(H2,16,19). The van der Waals surface area contributed by atoms with Crippen molar-refractivity contribution in [2.45, 2.75) is 25.8 Å². The van der Waals surface area contributed by atoms with E-state index in [1.54, 1.807) is 12.1 Å². The summed E-state index contributed by atoms with van der Waals surface area (Å²) < 4.78 is 0.497. The van der Waals surface area contributed by atoms with E-state index in [1.165, 1.54) is 0 Å². The van der Waals surface area contributed by atoms with Gasteiger partial charge in [0, 0.05) is 19.0 Å². The molecule has 1 heterocycles. The first kappa shape index (κ1) is 15.9. The summed E-state index contributed by atoms with van der Waals surface area (Å²) in [6.45, 7) is 2.47. The Kier molecular flexibility index (Phi) is 5.30. The third-order valence-electron chi connectivity index (χ3n) is 3.81. The SMILES string of the molecule is NC(=O)CC1CCN(Cc2ccc(Br)c([N+](=O)[O-])c2)CC1. The molecule has 0 radical (unpaired) electrons. The van der Waals surface area contributed by atoms with Gasteiger partial charge in [-0.2, -0.15) is 0 Å². The largest absolute Gasteiger partial charge is 0.370 e. The van der Waals surface area contributed by atoms with Gasteiger partial charge in [0.05, 0.1) is 9.40 Å². The zero-order valence-corrected chi connectivity index (χ0v) is 13.2. The van der Waals surface area contributed by atoms with E-state index in [4.69, 9.17) is 5.73 Å². The average Bonchev–Trinajstić information content (AvgIpc) is 2.42. The van der Waals surface area contributed by atoms with Crippen LogP contribution in [0.25, 0.3) is 0 Å². The number of hydrogen-bond donors (Lipinski definition) is 1. The molecule has 6 nitrogen and oxygen atoms in total. The highest BCUT2D eigenvalue weighted by molar-refractivity contribution is 9.10. The van der Waals surface area contributed by atoms with Gasteiger partial charge < -0.3 is 5.73 Å². The van der Waals surface area contributed by atoms with Crippen LogP contribution in [0.4, 0.5) is 5.69 Å². The van der Waals surface area contributed by atoms with Crippen LogP contribution in [0.15, 0.2) is 22.7 Å². The normalized spacial score (nSPS) is 16.8. The third-order valence-corrected chi connectivity index (χ3v) is 4.48. The average molecular weight is 356 g/mol. The van der Waals surface area contributed by atoms with Gasteiger partial charge in [-0.05, 0) is 59.4 Å². The van der Waals surface area contributed by atoms with Gasteiger partial charge in [-0.25, -0.2) is 0 Å². The zero-order valence-electron chi connectivity index (χ0n) is 11.6.